The van der Waals surface area contributed by atoms with Crippen molar-refractivity contribution in [2.45, 2.75) is 13.8 Å². The maximum Gasteiger partial charge on any atom is 0.343 e. The molecule has 0 saturated carbocycles. The van der Waals surface area contributed by atoms with Gasteiger partial charge in [0.05, 0.1) is 11.1 Å². The van der Waals surface area contributed by atoms with Crippen LogP contribution in [0.4, 0.5) is 4.39 Å². The van der Waals surface area contributed by atoms with Crippen LogP contribution in [0.3, 0.4) is 0 Å². The van der Waals surface area contributed by atoms with Gasteiger partial charge in [-0.25, -0.2) is 14.0 Å². The Kier molecular flexibility index (Phi) is 5.31. The monoisotopic (exact) mass is 364 g/mol. The van der Waals surface area contributed by atoms with Crippen molar-refractivity contribution in [1.82, 2.24) is 0 Å². The molecule has 3 aromatic carbocycles. The molecule has 0 aliphatic heterocycles. The van der Waals surface area contributed by atoms with Crippen molar-refractivity contribution in [2.24, 2.45) is 0 Å². The highest BCUT2D eigenvalue weighted by Crippen LogP contribution is 2.19. The van der Waals surface area contributed by atoms with Crippen LogP contribution in [0.15, 0.2) is 66.7 Å². The molecule has 5 heteroatoms. The van der Waals surface area contributed by atoms with Gasteiger partial charge in [-0.05, 0) is 61.9 Å². The van der Waals surface area contributed by atoms with Crippen molar-refractivity contribution in [3.8, 4) is 11.5 Å². The molecular weight excluding hydrogens is 347 g/mol. The lowest BCUT2D eigenvalue weighted by Gasteiger charge is -2.07. The molecule has 0 atom stereocenters. The molecule has 4 nitrogen and oxygen atoms in total. The first-order chi connectivity index (χ1) is 12.9. The second-order valence-corrected chi connectivity index (χ2v) is 6.08. The lowest BCUT2D eigenvalue weighted by atomic mass is 10.1. The average Bonchev–Trinajstić information content (AvgIpc) is 2.66. The first-order valence-corrected chi connectivity index (χ1v) is 8.29. The maximum absolute atomic E-state index is 13.5. The smallest absolute Gasteiger partial charge is 0.343 e. The lowest BCUT2D eigenvalue weighted by molar-refractivity contribution is 0.0730. The third kappa shape index (κ3) is 4.58. The summed E-state index contributed by atoms with van der Waals surface area (Å²) >= 11 is 0. The van der Waals surface area contributed by atoms with Crippen LogP contribution in [-0.2, 0) is 0 Å². The molecule has 0 aliphatic carbocycles. The number of aryl methyl sites for hydroxylation is 2. The van der Waals surface area contributed by atoms with Gasteiger partial charge in [-0.3, -0.25) is 0 Å². The van der Waals surface area contributed by atoms with Gasteiger partial charge in [0.25, 0.3) is 0 Å². The highest BCUT2D eigenvalue weighted by molar-refractivity contribution is 5.92. The Bertz CT molecular complexity index is 976. The molecule has 0 amide bonds. The zero-order valence-electron chi connectivity index (χ0n) is 14.9. The van der Waals surface area contributed by atoms with Crippen LogP contribution in [0.1, 0.15) is 31.8 Å². The number of halogens is 1. The standard InChI is InChI=1S/C22H17FO4/c1-14-3-6-16(7-4-14)21(24)26-18-11-8-17(9-12-18)22(25)27-19-10-5-15(2)20(23)13-19/h3-13H,1-2H3. The number of hydrogen-bond donors (Lipinski definition) is 0. The number of carbonyl (C=O) groups excluding carboxylic acids is 2. The fourth-order valence-corrected chi connectivity index (χ4v) is 2.32. The van der Waals surface area contributed by atoms with Crippen LogP contribution in [0, 0.1) is 19.7 Å². The van der Waals surface area contributed by atoms with Gasteiger partial charge in [-0.15, -0.1) is 0 Å². The number of esters is 2. The highest BCUT2D eigenvalue weighted by Gasteiger charge is 2.12. The van der Waals surface area contributed by atoms with Crippen LogP contribution in [0.2, 0.25) is 0 Å². The molecule has 27 heavy (non-hydrogen) atoms. The summed E-state index contributed by atoms with van der Waals surface area (Å²) in [6.45, 7) is 3.55. The van der Waals surface area contributed by atoms with Gasteiger partial charge in [-0.2, -0.15) is 0 Å². The maximum atomic E-state index is 13.5. The zero-order chi connectivity index (χ0) is 19.4. The van der Waals surface area contributed by atoms with E-state index in [1.54, 1.807) is 19.1 Å². The minimum absolute atomic E-state index is 0.123. The summed E-state index contributed by atoms with van der Waals surface area (Å²) in [5, 5.41) is 0. The number of ether oxygens (including phenoxy) is 2. The highest BCUT2D eigenvalue weighted by atomic mass is 19.1. The van der Waals surface area contributed by atoms with Crippen molar-refractivity contribution in [1.29, 1.82) is 0 Å². The third-order valence-corrected chi connectivity index (χ3v) is 3.94. The normalized spacial score (nSPS) is 10.3. The molecule has 0 fully saturated rings. The second kappa shape index (κ2) is 7.83. The van der Waals surface area contributed by atoms with E-state index in [-0.39, 0.29) is 11.3 Å². The summed E-state index contributed by atoms with van der Waals surface area (Å²) < 4.78 is 24.0. The van der Waals surface area contributed by atoms with Crippen LogP contribution in [0.25, 0.3) is 0 Å². The van der Waals surface area contributed by atoms with Gasteiger partial charge < -0.3 is 9.47 Å². The van der Waals surface area contributed by atoms with Gasteiger partial charge in [0.1, 0.15) is 17.3 Å². The Labute approximate surface area is 156 Å². The van der Waals surface area contributed by atoms with E-state index in [4.69, 9.17) is 9.47 Å². The zero-order valence-corrected chi connectivity index (χ0v) is 14.9. The van der Waals surface area contributed by atoms with E-state index in [2.05, 4.69) is 0 Å². The molecule has 3 aromatic rings. The van der Waals surface area contributed by atoms with Crippen LogP contribution >= 0.6 is 0 Å². The summed E-state index contributed by atoms with van der Waals surface area (Å²) in [5.41, 5.74) is 2.20. The van der Waals surface area contributed by atoms with E-state index in [0.29, 0.717) is 16.9 Å². The fraction of sp³-hybridized carbons (Fsp3) is 0.0909. The molecule has 136 valence electrons. The fourth-order valence-electron chi connectivity index (χ4n) is 2.32. The molecular formula is C22H17FO4. The topological polar surface area (TPSA) is 52.6 Å². The van der Waals surface area contributed by atoms with E-state index >= 15 is 0 Å². The minimum atomic E-state index is -0.630. The van der Waals surface area contributed by atoms with Crippen LogP contribution in [-0.4, -0.2) is 11.9 Å². The van der Waals surface area contributed by atoms with Crippen molar-refractivity contribution < 1.29 is 23.5 Å². The predicted octanol–water partition coefficient (Wildman–Crippen LogP) is 4.88. The Hall–Kier alpha value is -3.47. The van der Waals surface area contributed by atoms with E-state index < -0.39 is 17.8 Å². The molecule has 0 heterocycles. The lowest BCUT2D eigenvalue weighted by Crippen LogP contribution is -2.10. The summed E-state index contributed by atoms with van der Waals surface area (Å²) in [6.07, 6.45) is 0. The summed E-state index contributed by atoms with van der Waals surface area (Å²) in [6, 6.07) is 17.2. The Morgan fingerprint density at radius 3 is 1.74 bits per heavy atom. The molecule has 0 bridgehead atoms. The molecule has 0 aromatic heterocycles. The Balaban J connectivity index is 1.65. The van der Waals surface area contributed by atoms with Crippen LogP contribution < -0.4 is 9.47 Å². The first kappa shape index (κ1) is 18.3. The van der Waals surface area contributed by atoms with Crippen molar-refractivity contribution in [2.75, 3.05) is 0 Å². The molecule has 0 aliphatic rings. The predicted molar refractivity (Wildman–Crippen MR) is 98.7 cm³/mol. The van der Waals surface area contributed by atoms with Gasteiger partial charge in [-0.1, -0.05) is 23.8 Å². The summed E-state index contributed by atoms with van der Waals surface area (Å²) in [4.78, 5) is 24.2. The van der Waals surface area contributed by atoms with Gasteiger partial charge >= 0.3 is 11.9 Å². The number of benzene rings is 3. The molecule has 0 radical (unpaired) electrons. The first-order valence-electron chi connectivity index (χ1n) is 8.29. The largest absolute Gasteiger partial charge is 0.423 e. The van der Waals surface area contributed by atoms with E-state index in [1.807, 2.05) is 19.1 Å². The molecule has 0 saturated heterocycles. The van der Waals surface area contributed by atoms with Crippen molar-refractivity contribution >= 4 is 11.9 Å². The van der Waals surface area contributed by atoms with Gasteiger partial charge in [0.15, 0.2) is 0 Å². The third-order valence-electron chi connectivity index (χ3n) is 3.94. The summed E-state index contributed by atoms with van der Waals surface area (Å²) in [7, 11) is 0. The molecule has 0 spiro atoms. The molecule has 0 N–H and O–H groups in total. The minimum Gasteiger partial charge on any atom is -0.423 e. The number of carbonyl (C=O) groups is 2. The average molecular weight is 364 g/mol. The molecule has 0 unspecified atom stereocenters. The SMILES string of the molecule is Cc1ccc(C(=O)Oc2ccc(C(=O)Oc3ccc(C)c(F)c3)cc2)cc1. The van der Waals surface area contributed by atoms with E-state index in [9.17, 15) is 14.0 Å². The van der Waals surface area contributed by atoms with Gasteiger partial charge in [0.2, 0.25) is 0 Å². The Morgan fingerprint density at radius 2 is 1.19 bits per heavy atom. The molecule has 3 rings (SSSR count). The Morgan fingerprint density at radius 1 is 0.704 bits per heavy atom. The van der Waals surface area contributed by atoms with Crippen LogP contribution in [0.5, 0.6) is 11.5 Å². The van der Waals surface area contributed by atoms with Crippen molar-refractivity contribution in [3.63, 3.8) is 0 Å². The summed E-state index contributed by atoms with van der Waals surface area (Å²) in [5.74, 6) is -1.13. The second-order valence-electron chi connectivity index (χ2n) is 6.08. The van der Waals surface area contributed by atoms with E-state index in [0.717, 1.165) is 11.6 Å². The van der Waals surface area contributed by atoms with Gasteiger partial charge in [0, 0.05) is 6.07 Å². The van der Waals surface area contributed by atoms with E-state index in [1.165, 1.54) is 36.4 Å². The quantitative estimate of drug-likeness (QED) is 0.489. The number of rotatable bonds is 4. The van der Waals surface area contributed by atoms with Crippen molar-refractivity contribution in [3.05, 3.63) is 94.8 Å². The number of hydrogen-bond acceptors (Lipinski definition) is 4.